The van der Waals surface area contributed by atoms with Crippen molar-refractivity contribution in [2.24, 2.45) is 0 Å². The average Bonchev–Trinajstić information content (AvgIpc) is 2.74. The van der Waals surface area contributed by atoms with E-state index in [0.717, 1.165) is 0 Å². The Morgan fingerprint density at radius 3 is 0.654 bits per heavy atom. The first-order valence-corrected chi connectivity index (χ1v) is 19.6. The summed E-state index contributed by atoms with van der Waals surface area (Å²) in [6.07, 6.45) is 0. The number of hydrogen-bond donors (Lipinski definition) is 0. The van der Waals surface area contributed by atoms with Crippen LogP contribution in [0.25, 0.3) is 0 Å². The molecule has 0 saturated carbocycles. The van der Waals surface area contributed by atoms with E-state index < -0.39 is 23.7 Å². The Morgan fingerprint density at radius 2 is 0.462 bits per heavy atom. The van der Waals surface area contributed by atoms with Crippen LogP contribution in [-0.4, -0.2) is 23.7 Å². The van der Waals surface area contributed by atoms with Crippen molar-refractivity contribution >= 4 is 41.3 Å². The van der Waals surface area contributed by atoms with Gasteiger partial charge in [-0.1, -0.05) is 0 Å². The molecule has 0 N–H and O–H groups in total. The van der Waals surface area contributed by atoms with Gasteiger partial charge in [0.05, 0.1) is 0 Å². The van der Waals surface area contributed by atoms with Crippen LogP contribution in [0.4, 0.5) is 0 Å². The Hall–Kier alpha value is -2.03. The van der Waals surface area contributed by atoms with Crippen LogP contribution < -0.4 is 17.6 Å². The third kappa shape index (κ3) is 3.87. The molecule has 0 atom stereocenters. The molecule has 0 heterocycles. The van der Waals surface area contributed by atoms with Crippen molar-refractivity contribution in [2.45, 2.75) is 0 Å². The van der Waals surface area contributed by atoms with Crippen molar-refractivity contribution in [3.8, 4) is 0 Å². The van der Waals surface area contributed by atoms with Gasteiger partial charge in [0.15, 0.2) is 0 Å². The minimum atomic E-state index is -1.71. The van der Waals surface area contributed by atoms with Crippen LogP contribution in [0.3, 0.4) is 0 Å². The Morgan fingerprint density at radius 1 is 0.269 bits per heavy atom. The Labute approximate surface area is 162 Å². The molecule has 2 heteroatoms. The third-order valence-electron chi connectivity index (χ3n) is 4.50. The maximum atomic E-state index is 2.36. The third-order valence-corrected chi connectivity index (χ3v) is 31.2. The predicted molar refractivity (Wildman–Crippen MR) is 116 cm³/mol. The van der Waals surface area contributed by atoms with Gasteiger partial charge in [-0.25, -0.2) is 0 Å². The Balaban J connectivity index is 2.09. The molecule has 4 rings (SSSR count). The second kappa shape index (κ2) is 8.57. The molecular formula is C24H20Ge2. The zero-order valence-electron chi connectivity index (χ0n) is 14.5. The van der Waals surface area contributed by atoms with Crippen molar-refractivity contribution in [3.05, 3.63) is 121 Å². The maximum absolute atomic E-state index is 2.36. The van der Waals surface area contributed by atoms with Gasteiger partial charge in [0.2, 0.25) is 0 Å². The molecule has 0 bridgehead atoms. The normalized spacial score (nSPS) is 10.3. The SMILES string of the molecule is c1cc[c]([Ge]([c]2ccccc2)=[Ge]([c]2ccccc2)[c]2ccccc2)cc1. The molecule has 0 unspecified atom stereocenters. The summed E-state index contributed by atoms with van der Waals surface area (Å²) in [5, 5.41) is 0. The molecule has 0 nitrogen and oxygen atoms in total. The fourth-order valence-corrected chi connectivity index (χ4v) is 31.4. The van der Waals surface area contributed by atoms with Crippen molar-refractivity contribution in [2.75, 3.05) is 0 Å². The van der Waals surface area contributed by atoms with E-state index in [9.17, 15) is 0 Å². The molecule has 124 valence electrons. The van der Waals surface area contributed by atoms with Crippen LogP contribution in [0.1, 0.15) is 0 Å². The first kappa shape index (κ1) is 17.4. The summed E-state index contributed by atoms with van der Waals surface area (Å²) < 4.78 is 6.34. The zero-order chi connectivity index (χ0) is 17.6. The first-order chi connectivity index (χ1) is 12.9. The van der Waals surface area contributed by atoms with Crippen LogP contribution in [0.2, 0.25) is 0 Å². The summed E-state index contributed by atoms with van der Waals surface area (Å²) in [7, 11) is 0. The van der Waals surface area contributed by atoms with Crippen molar-refractivity contribution in [3.63, 3.8) is 0 Å². The van der Waals surface area contributed by atoms with Crippen molar-refractivity contribution in [1.82, 2.24) is 0 Å². The van der Waals surface area contributed by atoms with E-state index >= 15 is 0 Å². The molecule has 0 aromatic heterocycles. The van der Waals surface area contributed by atoms with Gasteiger partial charge in [-0.05, 0) is 0 Å². The van der Waals surface area contributed by atoms with Crippen LogP contribution in [-0.2, 0) is 0 Å². The van der Waals surface area contributed by atoms with Gasteiger partial charge in [-0.2, -0.15) is 0 Å². The summed E-state index contributed by atoms with van der Waals surface area (Å²) in [6.45, 7) is 0. The second-order valence-electron chi connectivity index (χ2n) is 6.21. The van der Waals surface area contributed by atoms with E-state index in [2.05, 4.69) is 121 Å². The van der Waals surface area contributed by atoms with E-state index in [-0.39, 0.29) is 0 Å². The summed E-state index contributed by atoms with van der Waals surface area (Å²) in [5.74, 6) is 0. The zero-order valence-corrected chi connectivity index (χ0v) is 18.7. The molecule has 0 saturated heterocycles. The van der Waals surface area contributed by atoms with Gasteiger partial charge >= 0.3 is 163 Å². The minimum absolute atomic E-state index is 1.58. The van der Waals surface area contributed by atoms with Crippen LogP contribution in [0, 0.1) is 0 Å². The van der Waals surface area contributed by atoms with Gasteiger partial charge in [-0.15, -0.1) is 0 Å². The molecule has 0 aliphatic heterocycles. The van der Waals surface area contributed by atoms with E-state index in [1.165, 1.54) is 0 Å². The number of benzene rings is 4. The standard InChI is InChI=1S/C24H20Ge2/c1-5-13-21(14-6-1)25(22-15-7-2-8-16-22)26(23-17-9-3-10-18-23)24-19-11-4-12-20-24/h1-20H. The summed E-state index contributed by atoms with van der Waals surface area (Å²) in [4.78, 5) is 0. The molecule has 0 radical (unpaired) electrons. The van der Waals surface area contributed by atoms with Crippen LogP contribution >= 0.6 is 0 Å². The van der Waals surface area contributed by atoms with Gasteiger partial charge in [0, 0.05) is 0 Å². The molecule has 4 aromatic rings. The molecule has 26 heavy (non-hydrogen) atoms. The summed E-state index contributed by atoms with van der Waals surface area (Å²) in [5.41, 5.74) is 0. The predicted octanol–water partition coefficient (Wildman–Crippen LogP) is 2.68. The van der Waals surface area contributed by atoms with E-state index in [1.807, 2.05) is 0 Å². The molecule has 0 aliphatic rings. The molecule has 0 aliphatic carbocycles. The summed E-state index contributed by atoms with van der Waals surface area (Å²) >= 11 is -3.42. The fourth-order valence-electron chi connectivity index (χ4n) is 3.33. The number of hydrogen-bond acceptors (Lipinski definition) is 0. The van der Waals surface area contributed by atoms with Crippen LogP contribution in [0.15, 0.2) is 121 Å². The van der Waals surface area contributed by atoms with Crippen molar-refractivity contribution < 1.29 is 0 Å². The monoisotopic (exact) mass is 456 g/mol. The Bertz CT molecular complexity index is 825. The Kier molecular flexibility index (Phi) is 5.73. The average molecular weight is 454 g/mol. The second-order valence-corrected chi connectivity index (χ2v) is 25.1. The van der Waals surface area contributed by atoms with E-state index in [0.29, 0.717) is 0 Å². The van der Waals surface area contributed by atoms with Crippen LogP contribution in [0.5, 0.6) is 0 Å². The topological polar surface area (TPSA) is 0 Å². The molecular weight excluding hydrogens is 433 g/mol. The van der Waals surface area contributed by atoms with Gasteiger partial charge in [0.25, 0.3) is 0 Å². The quantitative estimate of drug-likeness (QED) is 0.417. The van der Waals surface area contributed by atoms with Gasteiger partial charge in [-0.3, -0.25) is 0 Å². The fraction of sp³-hybridized carbons (Fsp3) is 0. The van der Waals surface area contributed by atoms with Gasteiger partial charge in [0.1, 0.15) is 0 Å². The van der Waals surface area contributed by atoms with E-state index in [4.69, 9.17) is 0 Å². The van der Waals surface area contributed by atoms with E-state index in [1.54, 1.807) is 17.6 Å². The number of rotatable bonds is 4. The molecule has 0 spiro atoms. The molecule has 4 aromatic carbocycles. The van der Waals surface area contributed by atoms with Gasteiger partial charge < -0.3 is 0 Å². The summed E-state index contributed by atoms with van der Waals surface area (Å²) in [6, 6.07) is 45.1. The van der Waals surface area contributed by atoms with Crippen molar-refractivity contribution in [1.29, 1.82) is 0 Å². The molecule has 0 fully saturated rings. The first-order valence-electron chi connectivity index (χ1n) is 8.89. The molecule has 0 amide bonds.